The monoisotopic (exact) mass is 253 g/mol. The molecule has 0 aliphatic carbocycles. The summed E-state index contributed by atoms with van der Waals surface area (Å²) in [7, 11) is 0. The predicted octanol–water partition coefficient (Wildman–Crippen LogP) is 2.65. The molecule has 1 unspecified atom stereocenters. The second kappa shape index (κ2) is 4.28. The molecular weight excluding hydrogens is 238 g/mol. The van der Waals surface area contributed by atoms with Crippen LogP contribution in [0.3, 0.4) is 0 Å². The molecule has 1 N–H and O–H groups in total. The normalized spacial score (nSPS) is 20.1. The third kappa shape index (κ3) is 1.78. The van der Waals surface area contributed by atoms with Crippen molar-refractivity contribution >= 4 is 0 Å². The second-order valence-corrected chi connectivity index (χ2v) is 4.92. The van der Waals surface area contributed by atoms with Crippen molar-refractivity contribution in [3.05, 3.63) is 59.2 Å². The minimum absolute atomic E-state index is 0.257. The molecule has 2 aliphatic heterocycles. The zero-order valence-corrected chi connectivity index (χ0v) is 10.6. The van der Waals surface area contributed by atoms with Gasteiger partial charge >= 0.3 is 0 Å². The molecule has 0 saturated carbocycles. The fourth-order valence-electron chi connectivity index (χ4n) is 2.84. The molecule has 0 radical (unpaired) electrons. The highest BCUT2D eigenvalue weighted by Crippen LogP contribution is 2.36. The van der Waals surface area contributed by atoms with Gasteiger partial charge in [-0.05, 0) is 28.8 Å². The van der Waals surface area contributed by atoms with Crippen LogP contribution in [0.2, 0.25) is 0 Å². The first-order valence-corrected chi connectivity index (χ1v) is 6.62. The standard InChI is InChI=1S/C16H15NO2/c1-2-4-13-12(3-1)10-17-16(13)11-5-6-14-15(9-11)19-8-7-18-14/h1-6,9,16-17H,7-8,10H2. The summed E-state index contributed by atoms with van der Waals surface area (Å²) < 4.78 is 11.2. The van der Waals surface area contributed by atoms with E-state index in [1.165, 1.54) is 16.7 Å². The van der Waals surface area contributed by atoms with Crippen LogP contribution < -0.4 is 14.8 Å². The number of rotatable bonds is 1. The molecule has 0 bridgehead atoms. The molecular formula is C16H15NO2. The van der Waals surface area contributed by atoms with Gasteiger partial charge < -0.3 is 14.8 Å². The van der Waals surface area contributed by atoms with Crippen LogP contribution in [0.1, 0.15) is 22.7 Å². The molecule has 3 heteroatoms. The van der Waals surface area contributed by atoms with E-state index in [2.05, 4.69) is 41.7 Å². The van der Waals surface area contributed by atoms with Crippen LogP contribution in [0.15, 0.2) is 42.5 Å². The Balaban J connectivity index is 1.74. The zero-order valence-electron chi connectivity index (χ0n) is 10.6. The van der Waals surface area contributed by atoms with Crippen LogP contribution in [-0.4, -0.2) is 13.2 Å². The maximum Gasteiger partial charge on any atom is 0.161 e. The lowest BCUT2D eigenvalue weighted by molar-refractivity contribution is 0.171. The minimum atomic E-state index is 0.257. The van der Waals surface area contributed by atoms with Crippen LogP contribution in [0.25, 0.3) is 0 Å². The van der Waals surface area contributed by atoms with Gasteiger partial charge in [0, 0.05) is 6.54 Å². The molecule has 3 nitrogen and oxygen atoms in total. The van der Waals surface area contributed by atoms with Gasteiger partial charge in [-0.25, -0.2) is 0 Å². The van der Waals surface area contributed by atoms with Gasteiger partial charge in [-0.2, -0.15) is 0 Å². The first kappa shape index (κ1) is 10.9. The van der Waals surface area contributed by atoms with Crippen LogP contribution in [0.5, 0.6) is 11.5 Å². The molecule has 0 saturated heterocycles. The maximum absolute atomic E-state index is 5.66. The molecule has 2 aromatic rings. The maximum atomic E-state index is 5.66. The predicted molar refractivity (Wildman–Crippen MR) is 72.6 cm³/mol. The van der Waals surface area contributed by atoms with E-state index >= 15 is 0 Å². The van der Waals surface area contributed by atoms with Gasteiger partial charge in [0.25, 0.3) is 0 Å². The molecule has 4 rings (SSSR count). The van der Waals surface area contributed by atoms with Gasteiger partial charge in [0.05, 0.1) is 6.04 Å². The van der Waals surface area contributed by atoms with E-state index in [9.17, 15) is 0 Å². The first-order valence-electron chi connectivity index (χ1n) is 6.62. The largest absolute Gasteiger partial charge is 0.486 e. The molecule has 2 aliphatic rings. The lowest BCUT2D eigenvalue weighted by Gasteiger charge is -2.20. The van der Waals surface area contributed by atoms with E-state index in [1.807, 2.05) is 6.07 Å². The fraction of sp³-hybridized carbons (Fsp3) is 0.250. The van der Waals surface area contributed by atoms with Gasteiger partial charge in [-0.3, -0.25) is 0 Å². The summed E-state index contributed by atoms with van der Waals surface area (Å²) in [4.78, 5) is 0. The van der Waals surface area contributed by atoms with Crippen LogP contribution >= 0.6 is 0 Å². The number of hydrogen-bond donors (Lipinski definition) is 1. The number of hydrogen-bond acceptors (Lipinski definition) is 3. The quantitative estimate of drug-likeness (QED) is 0.847. The van der Waals surface area contributed by atoms with Crippen molar-refractivity contribution in [1.82, 2.24) is 5.32 Å². The third-order valence-corrected chi connectivity index (χ3v) is 3.76. The second-order valence-electron chi connectivity index (χ2n) is 4.92. The Morgan fingerprint density at radius 1 is 0.947 bits per heavy atom. The molecule has 0 amide bonds. The zero-order chi connectivity index (χ0) is 12.7. The number of benzene rings is 2. The van der Waals surface area contributed by atoms with Crippen molar-refractivity contribution in [2.75, 3.05) is 13.2 Å². The lowest BCUT2D eigenvalue weighted by Crippen LogP contribution is -2.17. The van der Waals surface area contributed by atoms with Crippen molar-refractivity contribution in [2.24, 2.45) is 0 Å². The smallest absolute Gasteiger partial charge is 0.161 e. The number of ether oxygens (including phenoxy) is 2. The Labute approximate surface area is 112 Å². The first-order chi connectivity index (χ1) is 9.42. The topological polar surface area (TPSA) is 30.5 Å². The SMILES string of the molecule is c1ccc2c(c1)CNC2c1ccc2c(c1)OCCO2. The molecule has 19 heavy (non-hydrogen) atoms. The van der Waals surface area contributed by atoms with E-state index < -0.39 is 0 Å². The summed E-state index contributed by atoms with van der Waals surface area (Å²) >= 11 is 0. The van der Waals surface area contributed by atoms with Crippen LogP contribution in [-0.2, 0) is 6.54 Å². The highest BCUT2D eigenvalue weighted by molar-refractivity contribution is 5.48. The average Bonchev–Trinajstić information content (AvgIpc) is 2.91. The van der Waals surface area contributed by atoms with Gasteiger partial charge in [0.1, 0.15) is 13.2 Å². The van der Waals surface area contributed by atoms with Gasteiger partial charge in [0.15, 0.2) is 11.5 Å². The molecule has 2 aromatic carbocycles. The van der Waals surface area contributed by atoms with Gasteiger partial charge in [0.2, 0.25) is 0 Å². The van der Waals surface area contributed by atoms with E-state index in [0.29, 0.717) is 13.2 Å². The van der Waals surface area contributed by atoms with Crippen molar-refractivity contribution in [2.45, 2.75) is 12.6 Å². The van der Waals surface area contributed by atoms with E-state index in [4.69, 9.17) is 9.47 Å². The molecule has 96 valence electrons. The number of nitrogens with one attached hydrogen (secondary N) is 1. The Hall–Kier alpha value is -2.00. The lowest BCUT2D eigenvalue weighted by atomic mass is 9.98. The molecule has 0 fully saturated rings. The summed E-state index contributed by atoms with van der Waals surface area (Å²) in [5.41, 5.74) is 3.97. The Morgan fingerprint density at radius 2 is 1.79 bits per heavy atom. The Bertz CT molecular complexity index is 624. The summed E-state index contributed by atoms with van der Waals surface area (Å²) in [6.45, 7) is 2.19. The van der Waals surface area contributed by atoms with Crippen molar-refractivity contribution in [1.29, 1.82) is 0 Å². The average molecular weight is 253 g/mol. The third-order valence-electron chi connectivity index (χ3n) is 3.76. The van der Waals surface area contributed by atoms with Crippen molar-refractivity contribution in [3.8, 4) is 11.5 Å². The Kier molecular flexibility index (Phi) is 2.45. The fourth-order valence-corrected chi connectivity index (χ4v) is 2.84. The summed E-state index contributed by atoms with van der Waals surface area (Å²) in [6, 6.07) is 15.0. The van der Waals surface area contributed by atoms with Crippen molar-refractivity contribution < 1.29 is 9.47 Å². The molecule has 0 aromatic heterocycles. The molecule has 1 atom stereocenters. The Morgan fingerprint density at radius 3 is 2.74 bits per heavy atom. The molecule has 0 spiro atoms. The highest BCUT2D eigenvalue weighted by atomic mass is 16.6. The van der Waals surface area contributed by atoms with Crippen LogP contribution in [0.4, 0.5) is 0 Å². The van der Waals surface area contributed by atoms with Gasteiger partial charge in [-0.1, -0.05) is 30.3 Å². The summed E-state index contributed by atoms with van der Waals surface area (Å²) in [5.74, 6) is 1.70. The minimum Gasteiger partial charge on any atom is -0.486 e. The van der Waals surface area contributed by atoms with Crippen LogP contribution in [0, 0.1) is 0 Å². The van der Waals surface area contributed by atoms with E-state index in [0.717, 1.165) is 18.0 Å². The number of fused-ring (bicyclic) bond motifs is 2. The highest BCUT2D eigenvalue weighted by Gasteiger charge is 2.24. The summed E-state index contributed by atoms with van der Waals surface area (Å²) in [6.07, 6.45) is 0. The van der Waals surface area contributed by atoms with Gasteiger partial charge in [-0.15, -0.1) is 0 Å². The molecule has 2 heterocycles. The summed E-state index contributed by atoms with van der Waals surface area (Å²) in [5, 5.41) is 3.55. The van der Waals surface area contributed by atoms with E-state index in [-0.39, 0.29) is 6.04 Å². The van der Waals surface area contributed by atoms with E-state index in [1.54, 1.807) is 0 Å². The van der Waals surface area contributed by atoms with Crippen molar-refractivity contribution in [3.63, 3.8) is 0 Å².